The Morgan fingerprint density at radius 3 is 2.71 bits per heavy atom. The van der Waals surface area contributed by atoms with Crippen molar-refractivity contribution in [3.8, 4) is 11.3 Å². The molecular weight excluding hydrogens is 280 g/mol. The third kappa shape index (κ3) is 2.09. The van der Waals surface area contributed by atoms with E-state index >= 15 is 0 Å². The summed E-state index contributed by atoms with van der Waals surface area (Å²) >= 11 is 3.52. The maximum Gasteiger partial charge on any atom is 0.226 e. The average Bonchev–Trinajstić information content (AvgIpc) is 2.64. The van der Waals surface area contributed by atoms with Gasteiger partial charge in [0.1, 0.15) is 5.69 Å². The molecule has 0 aliphatic rings. The second kappa shape index (κ2) is 4.53. The highest BCUT2D eigenvalue weighted by molar-refractivity contribution is 9.10. The second-order valence-electron chi connectivity index (χ2n) is 4.38. The van der Waals surface area contributed by atoms with E-state index in [1.54, 1.807) is 0 Å². The summed E-state index contributed by atoms with van der Waals surface area (Å²) in [6.07, 6.45) is 0. The van der Waals surface area contributed by atoms with Crippen molar-refractivity contribution >= 4 is 21.8 Å². The summed E-state index contributed by atoms with van der Waals surface area (Å²) in [6, 6.07) is 6.03. The molecule has 0 atom stereocenters. The smallest absolute Gasteiger partial charge is 0.226 e. The van der Waals surface area contributed by atoms with E-state index < -0.39 is 0 Å². The van der Waals surface area contributed by atoms with Crippen molar-refractivity contribution in [1.82, 2.24) is 5.16 Å². The van der Waals surface area contributed by atoms with E-state index in [-0.39, 0.29) is 5.92 Å². The van der Waals surface area contributed by atoms with Crippen LogP contribution < -0.4 is 5.73 Å². The summed E-state index contributed by atoms with van der Waals surface area (Å²) in [4.78, 5) is 0. The average molecular weight is 295 g/mol. The van der Waals surface area contributed by atoms with Crippen LogP contribution in [0.5, 0.6) is 0 Å². The van der Waals surface area contributed by atoms with Gasteiger partial charge in [0.2, 0.25) is 5.88 Å². The molecule has 0 aliphatic carbocycles. The van der Waals surface area contributed by atoms with Gasteiger partial charge >= 0.3 is 0 Å². The minimum atomic E-state index is 0.287. The van der Waals surface area contributed by atoms with Crippen LogP contribution >= 0.6 is 15.9 Å². The monoisotopic (exact) mass is 294 g/mol. The quantitative estimate of drug-likeness (QED) is 0.906. The molecule has 0 fully saturated rings. The molecular formula is C13H15BrN2O. The highest BCUT2D eigenvalue weighted by atomic mass is 79.9. The van der Waals surface area contributed by atoms with Gasteiger partial charge in [-0.15, -0.1) is 0 Å². The van der Waals surface area contributed by atoms with Crippen LogP contribution in [0.4, 0.5) is 5.88 Å². The van der Waals surface area contributed by atoms with Crippen molar-refractivity contribution in [1.29, 1.82) is 0 Å². The lowest BCUT2D eigenvalue weighted by molar-refractivity contribution is 0.438. The predicted molar refractivity (Wildman–Crippen MR) is 72.9 cm³/mol. The van der Waals surface area contributed by atoms with Gasteiger partial charge in [0.15, 0.2) is 0 Å². The van der Waals surface area contributed by atoms with Crippen molar-refractivity contribution in [2.75, 3.05) is 5.73 Å². The SMILES string of the molecule is Cc1c(Br)cccc1-c1noc(N)c1C(C)C. The van der Waals surface area contributed by atoms with Gasteiger partial charge in [-0.3, -0.25) is 0 Å². The number of aromatic nitrogens is 1. The number of benzene rings is 1. The van der Waals surface area contributed by atoms with Gasteiger partial charge in [0.05, 0.1) is 0 Å². The van der Waals surface area contributed by atoms with Gasteiger partial charge in [-0.25, -0.2) is 0 Å². The van der Waals surface area contributed by atoms with E-state index in [1.165, 1.54) is 0 Å². The largest absolute Gasteiger partial charge is 0.367 e. The third-order valence-corrected chi connectivity index (χ3v) is 3.72. The maximum absolute atomic E-state index is 5.83. The van der Waals surface area contributed by atoms with Crippen LogP contribution in [0, 0.1) is 6.92 Å². The number of halogens is 1. The van der Waals surface area contributed by atoms with E-state index in [9.17, 15) is 0 Å². The minimum Gasteiger partial charge on any atom is -0.367 e. The summed E-state index contributed by atoms with van der Waals surface area (Å²) in [7, 11) is 0. The van der Waals surface area contributed by atoms with Gasteiger partial charge in [-0.2, -0.15) is 0 Å². The van der Waals surface area contributed by atoms with E-state index in [2.05, 4.69) is 34.9 Å². The lowest BCUT2D eigenvalue weighted by atomic mass is 9.96. The topological polar surface area (TPSA) is 52.0 Å². The maximum atomic E-state index is 5.83. The molecule has 4 heteroatoms. The van der Waals surface area contributed by atoms with Crippen molar-refractivity contribution in [2.45, 2.75) is 26.7 Å². The van der Waals surface area contributed by atoms with E-state index in [4.69, 9.17) is 10.3 Å². The Morgan fingerprint density at radius 2 is 2.06 bits per heavy atom. The first kappa shape index (κ1) is 12.2. The Balaban J connectivity index is 2.65. The zero-order valence-corrected chi connectivity index (χ0v) is 11.7. The first-order chi connectivity index (χ1) is 8.02. The summed E-state index contributed by atoms with van der Waals surface area (Å²) in [5.41, 5.74) is 9.85. The number of nitrogens with two attached hydrogens (primary N) is 1. The Hall–Kier alpha value is -1.29. The van der Waals surface area contributed by atoms with Gasteiger partial charge in [0.25, 0.3) is 0 Å². The van der Waals surface area contributed by atoms with Gasteiger partial charge in [-0.1, -0.05) is 47.1 Å². The summed E-state index contributed by atoms with van der Waals surface area (Å²) < 4.78 is 6.18. The molecule has 2 rings (SSSR count). The third-order valence-electron chi connectivity index (χ3n) is 2.86. The molecule has 2 aromatic rings. The van der Waals surface area contributed by atoms with Gasteiger partial charge in [-0.05, 0) is 24.5 Å². The number of hydrogen-bond acceptors (Lipinski definition) is 3. The molecule has 90 valence electrons. The zero-order valence-electron chi connectivity index (χ0n) is 10.1. The molecule has 0 saturated carbocycles. The molecule has 1 heterocycles. The predicted octanol–water partition coefficient (Wildman–Crippen LogP) is 4.12. The molecule has 2 N–H and O–H groups in total. The van der Waals surface area contributed by atoms with Crippen LogP contribution in [0.25, 0.3) is 11.3 Å². The Morgan fingerprint density at radius 1 is 1.35 bits per heavy atom. The van der Waals surface area contributed by atoms with E-state index in [0.29, 0.717) is 5.88 Å². The molecule has 1 aromatic carbocycles. The lowest BCUT2D eigenvalue weighted by Gasteiger charge is -2.08. The van der Waals surface area contributed by atoms with Crippen LogP contribution in [-0.4, -0.2) is 5.16 Å². The van der Waals surface area contributed by atoms with Crippen molar-refractivity contribution < 1.29 is 4.52 Å². The first-order valence-electron chi connectivity index (χ1n) is 5.53. The van der Waals surface area contributed by atoms with Crippen LogP contribution in [0.15, 0.2) is 27.2 Å². The van der Waals surface area contributed by atoms with Crippen LogP contribution in [0.2, 0.25) is 0 Å². The summed E-state index contributed by atoms with van der Waals surface area (Å²) in [6.45, 7) is 6.22. The van der Waals surface area contributed by atoms with E-state index in [0.717, 1.165) is 26.9 Å². The van der Waals surface area contributed by atoms with Crippen LogP contribution in [-0.2, 0) is 0 Å². The highest BCUT2D eigenvalue weighted by Crippen LogP contribution is 2.36. The molecule has 0 bridgehead atoms. The molecule has 0 spiro atoms. The second-order valence-corrected chi connectivity index (χ2v) is 5.23. The van der Waals surface area contributed by atoms with Crippen molar-refractivity contribution in [2.24, 2.45) is 0 Å². The first-order valence-corrected chi connectivity index (χ1v) is 6.32. The number of anilines is 1. The zero-order chi connectivity index (χ0) is 12.6. The van der Waals surface area contributed by atoms with Crippen LogP contribution in [0.3, 0.4) is 0 Å². The fourth-order valence-corrected chi connectivity index (χ4v) is 2.29. The molecule has 0 radical (unpaired) electrons. The fourth-order valence-electron chi connectivity index (χ4n) is 1.93. The number of hydrogen-bond donors (Lipinski definition) is 1. The Bertz CT molecular complexity index is 546. The molecule has 0 aliphatic heterocycles. The molecule has 0 saturated heterocycles. The standard InChI is InChI=1S/C13H15BrN2O/c1-7(2)11-12(16-17-13(11)15)9-5-4-6-10(14)8(9)3/h4-7H,15H2,1-3H3. The molecule has 1 aromatic heterocycles. The minimum absolute atomic E-state index is 0.287. The molecule has 17 heavy (non-hydrogen) atoms. The molecule has 3 nitrogen and oxygen atoms in total. The summed E-state index contributed by atoms with van der Waals surface area (Å²) in [5.74, 6) is 0.698. The Labute approximate surface area is 109 Å². The lowest BCUT2D eigenvalue weighted by Crippen LogP contribution is -1.95. The van der Waals surface area contributed by atoms with Crippen molar-refractivity contribution in [3.63, 3.8) is 0 Å². The fraction of sp³-hybridized carbons (Fsp3) is 0.308. The normalized spacial score (nSPS) is 11.1. The van der Waals surface area contributed by atoms with Gasteiger partial charge < -0.3 is 10.3 Å². The molecule has 0 amide bonds. The van der Waals surface area contributed by atoms with Crippen molar-refractivity contribution in [3.05, 3.63) is 33.8 Å². The Kier molecular flexibility index (Phi) is 3.24. The van der Waals surface area contributed by atoms with Crippen LogP contribution in [0.1, 0.15) is 30.9 Å². The number of rotatable bonds is 2. The highest BCUT2D eigenvalue weighted by Gasteiger charge is 2.19. The van der Waals surface area contributed by atoms with E-state index in [1.807, 2.05) is 25.1 Å². The number of nitrogens with zero attached hydrogens (tertiary/aromatic N) is 1. The summed E-state index contributed by atoms with van der Waals surface area (Å²) in [5, 5.41) is 4.09. The van der Waals surface area contributed by atoms with Gasteiger partial charge in [0, 0.05) is 15.6 Å². The molecule has 0 unspecified atom stereocenters. The number of nitrogen functional groups attached to an aromatic ring is 1.